The Morgan fingerprint density at radius 2 is 1.67 bits per heavy atom. The summed E-state index contributed by atoms with van der Waals surface area (Å²) in [6, 6.07) is 21.9. The van der Waals surface area contributed by atoms with Gasteiger partial charge in [-0.3, -0.25) is 0 Å². The van der Waals surface area contributed by atoms with E-state index in [1.807, 2.05) is 48.5 Å². The Hall–Kier alpha value is -4.00. The quantitative estimate of drug-likeness (QED) is 0.514. The predicted octanol–water partition coefficient (Wildman–Crippen LogP) is 3.69. The molecule has 0 amide bonds. The second kappa shape index (κ2) is 6.06. The maximum absolute atomic E-state index is 6.38. The molecule has 0 spiro atoms. The summed E-state index contributed by atoms with van der Waals surface area (Å²) in [6.07, 6.45) is 1.47. The number of anilines is 3. The highest BCUT2D eigenvalue weighted by Crippen LogP contribution is 2.30. The highest BCUT2D eigenvalue weighted by atomic mass is 15.4. The minimum atomic E-state index is 0.404. The highest BCUT2D eigenvalue weighted by Gasteiger charge is 2.14. The normalized spacial score (nSPS) is 11.1. The van der Waals surface area contributed by atoms with Gasteiger partial charge in [0.2, 0.25) is 0 Å². The SMILES string of the molecule is Nc1c(Nc2cccc3ccccc23)ncnc1-n1nnc2ccccc21. The third kappa shape index (κ3) is 2.53. The van der Waals surface area contributed by atoms with E-state index in [9.17, 15) is 0 Å². The van der Waals surface area contributed by atoms with Gasteiger partial charge in [-0.2, -0.15) is 4.68 Å². The molecule has 0 bridgehead atoms. The van der Waals surface area contributed by atoms with Crippen molar-refractivity contribution in [3.05, 3.63) is 73.1 Å². The van der Waals surface area contributed by atoms with E-state index in [-0.39, 0.29) is 0 Å². The number of rotatable bonds is 3. The van der Waals surface area contributed by atoms with Crippen LogP contribution in [0.1, 0.15) is 0 Å². The fraction of sp³-hybridized carbons (Fsp3) is 0. The monoisotopic (exact) mass is 353 g/mol. The molecule has 5 rings (SSSR count). The summed E-state index contributed by atoms with van der Waals surface area (Å²) < 4.78 is 1.63. The minimum absolute atomic E-state index is 0.404. The number of fused-ring (bicyclic) bond motifs is 2. The van der Waals surface area contributed by atoms with Crippen molar-refractivity contribution in [2.75, 3.05) is 11.1 Å². The minimum Gasteiger partial charge on any atom is -0.393 e. The van der Waals surface area contributed by atoms with E-state index in [4.69, 9.17) is 5.73 Å². The lowest BCUT2D eigenvalue weighted by Gasteiger charge is -2.13. The molecule has 0 fully saturated rings. The van der Waals surface area contributed by atoms with Gasteiger partial charge in [0.15, 0.2) is 11.6 Å². The van der Waals surface area contributed by atoms with Crippen LogP contribution in [-0.4, -0.2) is 25.0 Å². The van der Waals surface area contributed by atoms with Crippen molar-refractivity contribution in [1.82, 2.24) is 25.0 Å². The third-order valence-corrected chi connectivity index (χ3v) is 4.46. The number of nitrogen functional groups attached to an aromatic ring is 1. The molecule has 2 heterocycles. The van der Waals surface area contributed by atoms with Crippen LogP contribution in [0.5, 0.6) is 0 Å². The van der Waals surface area contributed by atoms with Crippen LogP contribution in [0.25, 0.3) is 27.6 Å². The molecule has 7 heteroatoms. The molecule has 3 aromatic carbocycles. The number of hydrogen-bond donors (Lipinski definition) is 2. The Bertz CT molecular complexity index is 1270. The van der Waals surface area contributed by atoms with Crippen molar-refractivity contribution in [3.8, 4) is 5.82 Å². The fourth-order valence-corrected chi connectivity index (χ4v) is 3.14. The second-order valence-corrected chi connectivity index (χ2v) is 6.10. The molecule has 2 aromatic heterocycles. The van der Waals surface area contributed by atoms with Gasteiger partial charge in [0, 0.05) is 11.1 Å². The Morgan fingerprint density at radius 1 is 0.852 bits per heavy atom. The average Bonchev–Trinajstić information content (AvgIpc) is 3.14. The summed E-state index contributed by atoms with van der Waals surface area (Å²) in [5.74, 6) is 1.01. The van der Waals surface area contributed by atoms with Crippen molar-refractivity contribution < 1.29 is 0 Å². The van der Waals surface area contributed by atoms with Crippen LogP contribution in [0.3, 0.4) is 0 Å². The first-order valence-corrected chi connectivity index (χ1v) is 8.47. The van der Waals surface area contributed by atoms with Crippen LogP contribution in [0.15, 0.2) is 73.1 Å². The van der Waals surface area contributed by atoms with Crippen molar-refractivity contribution in [3.63, 3.8) is 0 Å². The lowest BCUT2D eigenvalue weighted by molar-refractivity contribution is 0.800. The van der Waals surface area contributed by atoms with Gasteiger partial charge in [-0.1, -0.05) is 53.7 Å². The molecule has 0 aliphatic rings. The smallest absolute Gasteiger partial charge is 0.184 e. The molecule has 0 unspecified atom stereocenters. The molecular weight excluding hydrogens is 338 g/mol. The molecule has 7 nitrogen and oxygen atoms in total. The van der Waals surface area contributed by atoms with Gasteiger partial charge in [0.1, 0.15) is 17.5 Å². The zero-order valence-electron chi connectivity index (χ0n) is 14.2. The summed E-state index contributed by atoms with van der Waals surface area (Å²) >= 11 is 0. The summed E-state index contributed by atoms with van der Waals surface area (Å²) in [5.41, 5.74) is 9.32. The van der Waals surface area contributed by atoms with E-state index < -0.39 is 0 Å². The molecule has 0 aliphatic carbocycles. The number of benzene rings is 3. The van der Waals surface area contributed by atoms with E-state index in [1.54, 1.807) is 4.68 Å². The van der Waals surface area contributed by atoms with Gasteiger partial charge in [0.25, 0.3) is 0 Å². The van der Waals surface area contributed by atoms with Crippen LogP contribution in [0, 0.1) is 0 Å². The van der Waals surface area contributed by atoms with Crippen molar-refractivity contribution in [2.24, 2.45) is 0 Å². The summed E-state index contributed by atoms with van der Waals surface area (Å²) in [5, 5.41) is 13.9. The van der Waals surface area contributed by atoms with Gasteiger partial charge in [-0.15, -0.1) is 5.10 Å². The van der Waals surface area contributed by atoms with Crippen LogP contribution in [0.4, 0.5) is 17.2 Å². The first-order valence-electron chi connectivity index (χ1n) is 8.47. The zero-order chi connectivity index (χ0) is 18.2. The molecule has 0 saturated carbocycles. The molecule has 0 saturated heterocycles. The fourth-order valence-electron chi connectivity index (χ4n) is 3.14. The lowest BCUT2D eigenvalue weighted by atomic mass is 10.1. The zero-order valence-corrected chi connectivity index (χ0v) is 14.2. The molecule has 130 valence electrons. The molecule has 3 N–H and O–H groups in total. The topological polar surface area (TPSA) is 94.5 Å². The predicted molar refractivity (Wildman–Crippen MR) is 106 cm³/mol. The van der Waals surface area contributed by atoms with Gasteiger partial charge >= 0.3 is 0 Å². The second-order valence-electron chi connectivity index (χ2n) is 6.10. The number of para-hydroxylation sites is 1. The largest absolute Gasteiger partial charge is 0.393 e. The van der Waals surface area contributed by atoms with E-state index in [0.717, 1.165) is 27.5 Å². The van der Waals surface area contributed by atoms with E-state index in [1.165, 1.54) is 6.33 Å². The van der Waals surface area contributed by atoms with Gasteiger partial charge in [-0.25, -0.2) is 9.97 Å². The van der Waals surface area contributed by atoms with E-state index in [2.05, 4.69) is 43.8 Å². The van der Waals surface area contributed by atoms with Crippen LogP contribution < -0.4 is 11.1 Å². The van der Waals surface area contributed by atoms with Crippen molar-refractivity contribution in [1.29, 1.82) is 0 Å². The van der Waals surface area contributed by atoms with Crippen molar-refractivity contribution in [2.45, 2.75) is 0 Å². The lowest BCUT2D eigenvalue weighted by Crippen LogP contribution is -2.08. The number of nitrogens with two attached hydrogens (primary N) is 1. The Morgan fingerprint density at radius 3 is 2.63 bits per heavy atom. The molecule has 27 heavy (non-hydrogen) atoms. The van der Waals surface area contributed by atoms with Gasteiger partial charge < -0.3 is 11.1 Å². The first kappa shape index (κ1) is 15.3. The summed E-state index contributed by atoms with van der Waals surface area (Å²) in [6.45, 7) is 0. The van der Waals surface area contributed by atoms with Crippen LogP contribution in [0.2, 0.25) is 0 Å². The standard InChI is InChI=1S/C20H15N7/c21-18-19(24-15-10-5-7-13-6-1-2-8-14(13)15)22-12-23-20(18)27-17-11-4-3-9-16(17)25-26-27/h1-12H,21H2,(H,22,23,24). The average molecular weight is 353 g/mol. The molecule has 0 atom stereocenters. The number of aromatic nitrogens is 5. The molecular formula is C20H15N7. The molecule has 0 aliphatic heterocycles. The number of nitrogens with one attached hydrogen (secondary N) is 1. The van der Waals surface area contributed by atoms with Crippen molar-refractivity contribution >= 4 is 39.0 Å². The maximum atomic E-state index is 6.38. The van der Waals surface area contributed by atoms with E-state index in [0.29, 0.717) is 17.3 Å². The number of hydrogen-bond acceptors (Lipinski definition) is 6. The summed E-state index contributed by atoms with van der Waals surface area (Å²) in [7, 11) is 0. The van der Waals surface area contributed by atoms with Crippen LogP contribution >= 0.6 is 0 Å². The third-order valence-electron chi connectivity index (χ3n) is 4.46. The number of nitrogens with zero attached hydrogens (tertiary/aromatic N) is 5. The van der Waals surface area contributed by atoms with Crippen LogP contribution in [-0.2, 0) is 0 Å². The van der Waals surface area contributed by atoms with Gasteiger partial charge in [-0.05, 0) is 23.6 Å². The highest BCUT2D eigenvalue weighted by molar-refractivity contribution is 5.96. The Balaban J connectivity index is 1.61. The Labute approximate surface area is 154 Å². The van der Waals surface area contributed by atoms with E-state index >= 15 is 0 Å². The summed E-state index contributed by atoms with van der Waals surface area (Å²) in [4.78, 5) is 8.64. The van der Waals surface area contributed by atoms with Gasteiger partial charge in [0.05, 0.1) is 5.52 Å². The maximum Gasteiger partial charge on any atom is 0.184 e. The Kier molecular flexibility index (Phi) is 3.43. The molecule has 0 radical (unpaired) electrons. The molecule has 5 aromatic rings. The first-order chi connectivity index (χ1) is 13.3.